The van der Waals surface area contributed by atoms with E-state index in [9.17, 15) is 25.1 Å². The Hall–Kier alpha value is -3.49. The van der Waals surface area contributed by atoms with Gasteiger partial charge in [0, 0.05) is 30.1 Å². The lowest BCUT2D eigenvalue weighted by molar-refractivity contribution is -0.385. The molecule has 1 heterocycles. The average molecular weight is 302 g/mol. The van der Waals surface area contributed by atoms with Gasteiger partial charge in [-0.3, -0.25) is 19.9 Å². The minimum atomic E-state index is -0.805. The van der Waals surface area contributed by atoms with Crippen LogP contribution in [-0.2, 0) is 0 Å². The zero-order valence-electron chi connectivity index (χ0n) is 11.0. The van der Waals surface area contributed by atoms with E-state index in [2.05, 4.69) is 15.5 Å². The number of rotatable bonds is 4. The molecule has 9 heteroatoms. The van der Waals surface area contributed by atoms with Crippen molar-refractivity contribution < 1.29 is 19.9 Å². The SMILES string of the molecule is O=C(N/N=C\c1cc([N+](=O)[O-])c(O)cc1O)c1cccnc1. The highest BCUT2D eigenvalue weighted by atomic mass is 16.6. The summed E-state index contributed by atoms with van der Waals surface area (Å²) < 4.78 is 0. The molecule has 22 heavy (non-hydrogen) atoms. The topological polar surface area (TPSA) is 138 Å². The van der Waals surface area contributed by atoms with E-state index in [1.54, 1.807) is 6.07 Å². The molecule has 0 aliphatic rings. The first kappa shape index (κ1) is 14.9. The molecule has 0 radical (unpaired) electrons. The van der Waals surface area contributed by atoms with Crippen molar-refractivity contribution in [2.45, 2.75) is 0 Å². The minimum Gasteiger partial charge on any atom is -0.507 e. The van der Waals surface area contributed by atoms with Gasteiger partial charge in [-0.2, -0.15) is 5.10 Å². The quantitative estimate of drug-likeness (QED) is 0.440. The summed E-state index contributed by atoms with van der Waals surface area (Å²) >= 11 is 0. The van der Waals surface area contributed by atoms with Gasteiger partial charge < -0.3 is 10.2 Å². The summed E-state index contributed by atoms with van der Waals surface area (Å²) in [5, 5.41) is 33.2. The average Bonchev–Trinajstić information content (AvgIpc) is 2.49. The second kappa shape index (κ2) is 6.31. The summed E-state index contributed by atoms with van der Waals surface area (Å²) in [7, 11) is 0. The van der Waals surface area contributed by atoms with Gasteiger partial charge in [0.05, 0.1) is 16.7 Å². The van der Waals surface area contributed by atoms with E-state index in [1.165, 1.54) is 18.5 Å². The van der Waals surface area contributed by atoms with E-state index >= 15 is 0 Å². The fourth-order valence-electron chi connectivity index (χ4n) is 1.55. The third-order valence-corrected chi connectivity index (χ3v) is 2.61. The van der Waals surface area contributed by atoms with Crippen molar-refractivity contribution in [2.24, 2.45) is 5.10 Å². The third kappa shape index (κ3) is 3.33. The number of phenolic OH excluding ortho intramolecular Hbond substituents is 2. The number of nitrogens with one attached hydrogen (secondary N) is 1. The zero-order chi connectivity index (χ0) is 16.1. The van der Waals surface area contributed by atoms with Crippen LogP contribution >= 0.6 is 0 Å². The Kier molecular flexibility index (Phi) is 4.27. The Morgan fingerprint density at radius 2 is 2.14 bits per heavy atom. The van der Waals surface area contributed by atoms with Gasteiger partial charge in [-0.05, 0) is 12.1 Å². The number of carbonyl (C=O) groups is 1. The van der Waals surface area contributed by atoms with Gasteiger partial charge in [0.2, 0.25) is 0 Å². The molecule has 0 saturated carbocycles. The fraction of sp³-hybridized carbons (Fsp3) is 0. The smallest absolute Gasteiger partial charge is 0.311 e. The van der Waals surface area contributed by atoms with Crippen molar-refractivity contribution in [2.75, 3.05) is 0 Å². The number of carbonyl (C=O) groups excluding carboxylic acids is 1. The summed E-state index contributed by atoms with van der Waals surface area (Å²) in [5.41, 5.74) is 1.85. The van der Waals surface area contributed by atoms with Gasteiger partial charge in [-0.1, -0.05) is 0 Å². The number of amides is 1. The number of hydrazone groups is 1. The molecule has 2 rings (SSSR count). The molecule has 0 spiro atoms. The number of aromatic nitrogens is 1. The number of nitrogens with zero attached hydrogens (tertiary/aromatic N) is 3. The number of aromatic hydroxyl groups is 2. The first-order chi connectivity index (χ1) is 10.5. The Morgan fingerprint density at radius 1 is 1.36 bits per heavy atom. The van der Waals surface area contributed by atoms with Gasteiger partial charge in [0.1, 0.15) is 5.75 Å². The molecule has 1 amide bonds. The Bertz CT molecular complexity index is 746. The number of phenols is 2. The van der Waals surface area contributed by atoms with E-state index in [4.69, 9.17) is 0 Å². The Balaban J connectivity index is 2.15. The molecule has 0 bridgehead atoms. The Labute approximate surface area is 123 Å². The molecule has 112 valence electrons. The number of nitro groups is 1. The molecule has 2 aromatic rings. The van der Waals surface area contributed by atoms with Crippen LogP contribution in [-0.4, -0.2) is 32.2 Å². The first-order valence-electron chi connectivity index (χ1n) is 5.93. The van der Waals surface area contributed by atoms with Crippen LogP contribution in [0.2, 0.25) is 0 Å². The third-order valence-electron chi connectivity index (χ3n) is 2.61. The molecular formula is C13H10N4O5. The molecule has 3 N–H and O–H groups in total. The lowest BCUT2D eigenvalue weighted by Gasteiger charge is -2.02. The standard InChI is InChI=1S/C13H10N4O5/c18-11-5-12(19)10(17(21)22)4-9(11)7-15-16-13(20)8-2-1-3-14-6-8/h1-7,18-19H,(H,16,20)/b15-7-. The van der Waals surface area contributed by atoms with Gasteiger partial charge in [0.25, 0.3) is 5.91 Å². The first-order valence-corrected chi connectivity index (χ1v) is 5.93. The molecule has 0 atom stereocenters. The van der Waals surface area contributed by atoms with Gasteiger partial charge in [-0.15, -0.1) is 0 Å². The molecule has 1 aromatic carbocycles. The monoisotopic (exact) mass is 302 g/mol. The summed E-state index contributed by atoms with van der Waals surface area (Å²) in [4.78, 5) is 25.3. The minimum absolute atomic E-state index is 0.0315. The van der Waals surface area contributed by atoms with E-state index in [0.29, 0.717) is 0 Å². The van der Waals surface area contributed by atoms with Crippen LogP contribution in [0.15, 0.2) is 41.8 Å². The van der Waals surface area contributed by atoms with Crippen LogP contribution in [0.5, 0.6) is 11.5 Å². The predicted octanol–water partition coefficient (Wildman–Crippen LogP) is 1.16. The van der Waals surface area contributed by atoms with E-state index < -0.39 is 28.0 Å². The van der Waals surface area contributed by atoms with Crippen molar-refractivity contribution in [3.8, 4) is 11.5 Å². The Morgan fingerprint density at radius 3 is 2.77 bits per heavy atom. The second-order valence-electron chi connectivity index (χ2n) is 4.10. The van der Waals surface area contributed by atoms with Crippen LogP contribution in [0.25, 0.3) is 0 Å². The van der Waals surface area contributed by atoms with E-state index in [0.717, 1.165) is 18.3 Å². The maximum Gasteiger partial charge on any atom is 0.311 e. The van der Waals surface area contributed by atoms with Crippen molar-refractivity contribution in [3.63, 3.8) is 0 Å². The second-order valence-corrected chi connectivity index (χ2v) is 4.10. The van der Waals surface area contributed by atoms with Crippen molar-refractivity contribution in [1.82, 2.24) is 10.4 Å². The normalized spacial score (nSPS) is 10.5. The van der Waals surface area contributed by atoms with Crippen LogP contribution in [0.1, 0.15) is 15.9 Å². The van der Waals surface area contributed by atoms with Crippen LogP contribution in [0.3, 0.4) is 0 Å². The maximum absolute atomic E-state index is 11.7. The maximum atomic E-state index is 11.7. The molecule has 0 aliphatic carbocycles. The van der Waals surface area contributed by atoms with Gasteiger partial charge in [0.15, 0.2) is 5.75 Å². The lowest BCUT2D eigenvalue weighted by Crippen LogP contribution is -2.17. The lowest BCUT2D eigenvalue weighted by atomic mass is 10.2. The summed E-state index contributed by atoms with van der Waals surface area (Å²) in [5.74, 6) is -1.61. The number of pyridine rings is 1. The highest BCUT2D eigenvalue weighted by Gasteiger charge is 2.16. The summed E-state index contributed by atoms with van der Waals surface area (Å²) in [6, 6.07) is 4.86. The van der Waals surface area contributed by atoms with Crippen molar-refractivity contribution in [3.05, 3.63) is 57.9 Å². The molecule has 0 saturated heterocycles. The molecule has 0 unspecified atom stereocenters. The van der Waals surface area contributed by atoms with E-state index in [-0.39, 0.29) is 11.1 Å². The fourth-order valence-corrected chi connectivity index (χ4v) is 1.55. The molecule has 9 nitrogen and oxygen atoms in total. The van der Waals surface area contributed by atoms with Crippen molar-refractivity contribution in [1.29, 1.82) is 0 Å². The number of hydrogen-bond donors (Lipinski definition) is 3. The molecule has 1 aromatic heterocycles. The van der Waals surface area contributed by atoms with Gasteiger partial charge in [-0.25, -0.2) is 5.43 Å². The zero-order valence-corrected chi connectivity index (χ0v) is 11.0. The summed E-state index contributed by atoms with van der Waals surface area (Å²) in [6.07, 6.45) is 3.87. The van der Waals surface area contributed by atoms with Gasteiger partial charge >= 0.3 is 5.69 Å². The molecule has 0 fully saturated rings. The van der Waals surface area contributed by atoms with Crippen LogP contribution < -0.4 is 5.43 Å². The molecular weight excluding hydrogens is 292 g/mol. The number of hydrogen-bond acceptors (Lipinski definition) is 7. The van der Waals surface area contributed by atoms with Crippen molar-refractivity contribution >= 4 is 17.8 Å². The largest absolute Gasteiger partial charge is 0.507 e. The van der Waals surface area contributed by atoms with Crippen LogP contribution in [0, 0.1) is 10.1 Å². The van der Waals surface area contributed by atoms with Crippen LogP contribution in [0.4, 0.5) is 5.69 Å². The summed E-state index contributed by atoms with van der Waals surface area (Å²) in [6.45, 7) is 0. The van der Waals surface area contributed by atoms with E-state index in [1.807, 2.05) is 0 Å². The highest BCUT2D eigenvalue weighted by molar-refractivity contribution is 5.94. The highest BCUT2D eigenvalue weighted by Crippen LogP contribution is 2.31. The molecule has 0 aliphatic heterocycles. The number of nitro benzene ring substituents is 1. The predicted molar refractivity (Wildman–Crippen MR) is 75.7 cm³/mol. The number of benzene rings is 1.